The van der Waals surface area contributed by atoms with Crippen molar-refractivity contribution < 1.29 is 9.53 Å². The van der Waals surface area contributed by atoms with Crippen LogP contribution in [-0.4, -0.2) is 38.4 Å². The lowest BCUT2D eigenvalue weighted by molar-refractivity contribution is 0.0751. The molecule has 0 radical (unpaired) electrons. The van der Waals surface area contributed by atoms with E-state index < -0.39 is 0 Å². The Bertz CT molecular complexity index is 1390. The number of rotatable bonds is 2. The van der Waals surface area contributed by atoms with Crippen LogP contribution in [0.1, 0.15) is 45.2 Å². The molecule has 0 aliphatic carbocycles. The van der Waals surface area contributed by atoms with E-state index in [0.29, 0.717) is 42.9 Å². The van der Waals surface area contributed by atoms with Crippen molar-refractivity contribution in [1.29, 1.82) is 0 Å². The number of aromatic amines is 1. The Labute approximate surface area is 190 Å². The van der Waals surface area contributed by atoms with Crippen LogP contribution in [0, 0.1) is 6.92 Å². The van der Waals surface area contributed by atoms with Crippen LogP contribution in [0.15, 0.2) is 47.4 Å². The third kappa shape index (κ3) is 3.12. The molecule has 32 heavy (non-hydrogen) atoms. The molecule has 1 unspecified atom stereocenters. The molecule has 4 heterocycles. The Kier molecular flexibility index (Phi) is 5.03. The maximum atomic E-state index is 13.4. The number of fused-ring (bicyclic) bond motifs is 4. The zero-order valence-corrected chi connectivity index (χ0v) is 18.4. The van der Waals surface area contributed by atoms with Gasteiger partial charge in [-0.05, 0) is 42.2 Å². The Balaban J connectivity index is 0.00000216. The number of benzene rings is 2. The molecule has 0 spiro atoms. The number of halogens is 1. The number of aryl methyl sites for hydroxylation is 1. The summed E-state index contributed by atoms with van der Waals surface area (Å²) in [6.45, 7) is 4.47. The molecular formula is C24H23ClN4O3. The number of hydrogen-bond donors (Lipinski definition) is 1. The predicted molar refractivity (Wildman–Crippen MR) is 124 cm³/mol. The number of nitrogens with zero attached hydrogens (tertiary/aromatic N) is 3. The van der Waals surface area contributed by atoms with Crippen LogP contribution in [0.3, 0.4) is 0 Å². The maximum Gasteiger partial charge on any atom is 0.274 e. The molecule has 2 aromatic heterocycles. The van der Waals surface area contributed by atoms with Crippen LogP contribution in [-0.2, 0) is 17.8 Å². The maximum absolute atomic E-state index is 13.4. The standard InChI is InChI=1S/C24H22N4O3.ClH/c1-14-8-20-19(9-18(14)24(30)27-11-15-4-2-3-5-16(15)12-27)26-23(29)21-10-25-22(28(20)21)17-6-7-31-13-17;/h2-5,8-10,17H,6-7,11-13H2,1H3,(H,26,29);1H. The van der Waals surface area contributed by atoms with E-state index in [2.05, 4.69) is 22.1 Å². The fourth-order valence-electron chi connectivity index (χ4n) is 4.85. The molecule has 164 valence electrons. The summed E-state index contributed by atoms with van der Waals surface area (Å²) >= 11 is 0. The normalized spacial score (nSPS) is 17.7. The van der Waals surface area contributed by atoms with Crippen molar-refractivity contribution in [2.75, 3.05) is 13.2 Å². The second kappa shape index (κ2) is 7.76. The van der Waals surface area contributed by atoms with E-state index in [9.17, 15) is 9.59 Å². The van der Waals surface area contributed by atoms with Crippen molar-refractivity contribution in [1.82, 2.24) is 19.3 Å². The van der Waals surface area contributed by atoms with Gasteiger partial charge in [0.2, 0.25) is 0 Å². The molecule has 0 bridgehead atoms. The molecule has 8 heteroatoms. The summed E-state index contributed by atoms with van der Waals surface area (Å²) in [6, 6.07) is 11.9. The lowest BCUT2D eigenvalue weighted by Gasteiger charge is -2.18. The number of ether oxygens (including phenoxy) is 1. The van der Waals surface area contributed by atoms with E-state index in [1.54, 1.807) is 6.20 Å². The third-order valence-corrected chi connectivity index (χ3v) is 6.51. The Morgan fingerprint density at radius 2 is 1.91 bits per heavy atom. The SMILES string of the molecule is Cc1cc2c(cc1C(=O)N1Cc3ccccc3C1)[nH]c(=O)c1cnc(C3CCOC3)n12.Cl. The van der Waals surface area contributed by atoms with Gasteiger partial charge in [-0.25, -0.2) is 4.98 Å². The number of carbonyl (C=O) groups excluding carboxylic acids is 1. The van der Waals surface area contributed by atoms with Crippen LogP contribution in [0.2, 0.25) is 0 Å². The highest BCUT2D eigenvalue weighted by Crippen LogP contribution is 2.29. The molecule has 1 atom stereocenters. The molecule has 4 aromatic rings. The van der Waals surface area contributed by atoms with Crippen molar-refractivity contribution in [3.63, 3.8) is 0 Å². The second-order valence-corrected chi connectivity index (χ2v) is 8.47. The zero-order chi connectivity index (χ0) is 21.1. The first-order valence-electron chi connectivity index (χ1n) is 10.6. The molecule has 0 saturated carbocycles. The zero-order valence-electron chi connectivity index (χ0n) is 17.6. The lowest BCUT2D eigenvalue weighted by Crippen LogP contribution is -2.26. The summed E-state index contributed by atoms with van der Waals surface area (Å²) in [5, 5.41) is 0. The van der Waals surface area contributed by atoms with Gasteiger partial charge in [0.15, 0.2) is 0 Å². The van der Waals surface area contributed by atoms with E-state index in [0.717, 1.165) is 23.3 Å². The molecule has 1 saturated heterocycles. The minimum Gasteiger partial charge on any atom is -0.381 e. The highest BCUT2D eigenvalue weighted by molar-refractivity contribution is 5.99. The van der Waals surface area contributed by atoms with Crippen LogP contribution >= 0.6 is 12.4 Å². The van der Waals surface area contributed by atoms with Crippen LogP contribution in [0.5, 0.6) is 0 Å². The van der Waals surface area contributed by atoms with Gasteiger partial charge in [0.05, 0.1) is 23.8 Å². The van der Waals surface area contributed by atoms with E-state index >= 15 is 0 Å². The molecule has 1 amide bonds. The topological polar surface area (TPSA) is 79.7 Å². The molecule has 1 N–H and O–H groups in total. The summed E-state index contributed by atoms with van der Waals surface area (Å²) in [5.74, 6) is 0.987. The molecule has 2 aliphatic heterocycles. The van der Waals surface area contributed by atoms with Gasteiger partial charge in [-0.2, -0.15) is 0 Å². The average molecular weight is 451 g/mol. The minimum atomic E-state index is -0.207. The largest absolute Gasteiger partial charge is 0.381 e. The number of H-pyrrole nitrogens is 1. The quantitative estimate of drug-likeness (QED) is 0.506. The van der Waals surface area contributed by atoms with Gasteiger partial charge in [0.1, 0.15) is 11.3 Å². The molecule has 2 aromatic carbocycles. The molecular weight excluding hydrogens is 428 g/mol. The lowest BCUT2D eigenvalue weighted by atomic mass is 10.0. The molecule has 6 rings (SSSR count). The second-order valence-electron chi connectivity index (χ2n) is 8.47. The van der Waals surface area contributed by atoms with Crippen molar-refractivity contribution in [2.24, 2.45) is 0 Å². The number of carbonyl (C=O) groups is 1. The van der Waals surface area contributed by atoms with Crippen LogP contribution < -0.4 is 5.56 Å². The number of imidazole rings is 1. The van der Waals surface area contributed by atoms with Gasteiger partial charge in [0, 0.05) is 31.2 Å². The molecule has 2 aliphatic rings. The van der Waals surface area contributed by atoms with Crippen molar-refractivity contribution in [3.05, 3.63) is 81.0 Å². The first-order valence-corrected chi connectivity index (χ1v) is 10.6. The highest BCUT2D eigenvalue weighted by Gasteiger charge is 2.27. The van der Waals surface area contributed by atoms with Crippen molar-refractivity contribution in [2.45, 2.75) is 32.4 Å². The summed E-state index contributed by atoms with van der Waals surface area (Å²) in [5.41, 5.74) is 5.67. The summed E-state index contributed by atoms with van der Waals surface area (Å²) in [7, 11) is 0. The fourth-order valence-corrected chi connectivity index (χ4v) is 4.85. The summed E-state index contributed by atoms with van der Waals surface area (Å²) in [4.78, 5) is 35.5. The van der Waals surface area contributed by atoms with Gasteiger partial charge in [-0.15, -0.1) is 12.4 Å². The van der Waals surface area contributed by atoms with E-state index in [-0.39, 0.29) is 29.8 Å². The van der Waals surface area contributed by atoms with E-state index in [4.69, 9.17) is 4.74 Å². The first-order chi connectivity index (χ1) is 15.1. The van der Waals surface area contributed by atoms with Gasteiger partial charge < -0.3 is 14.6 Å². The summed E-state index contributed by atoms with van der Waals surface area (Å²) in [6.07, 6.45) is 2.51. The number of aromatic nitrogens is 3. The molecule has 1 fully saturated rings. The molecule has 7 nitrogen and oxygen atoms in total. The van der Waals surface area contributed by atoms with Gasteiger partial charge in [-0.1, -0.05) is 24.3 Å². The minimum absolute atomic E-state index is 0. The van der Waals surface area contributed by atoms with Crippen LogP contribution in [0.25, 0.3) is 16.6 Å². The number of amides is 1. The first kappa shape index (κ1) is 20.7. The fraction of sp³-hybridized carbons (Fsp3) is 0.292. The summed E-state index contributed by atoms with van der Waals surface area (Å²) < 4.78 is 7.47. The smallest absolute Gasteiger partial charge is 0.274 e. The average Bonchev–Trinajstić information content (AvgIpc) is 3.51. The predicted octanol–water partition coefficient (Wildman–Crippen LogP) is 3.57. The van der Waals surface area contributed by atoms with Gasteiger partial charge >= 0.3 is 0 Å². The Morgan fingerprint density at radius 1 is 1.16 bits per heavy atom. The van der Waals surface area contributed by atoms with Crippen molar-refractivity contribution in [3.8, 4) is 0 Å². The Morgan fingerprint density at radius 3 is 2.59 bits per heavy atom. The Hall–Kier alpha value is -3.16. The van der Waals surface area contributed by atoms with Gasteiger partial charge in [0.25, 0.3) is 11.5 Å². The highest BCUT2D eigenvalue weighted by atomic mass is 35.5. The van der Waals surface area contributed by atoms with Crippen LogP contribution in [0.4, 0.5) is 0 Å². The van der Waals surface area contributed by atoms with Crippen molar-refractivity contribution >= 4 is 34.9 Å². The van der Waals surface area contributed by atoms with Gasteiger partial charge in [-0.3, -0.25) is 14.0 Å². The van der Waals surface area contributed by atoms with E-state index in [1.807, 2.05) is 40.5 Å². The number of hydrogen-bond acceptors (Lipinski definition) is 4. The third-order valence-electron chi connectivity index (χ3n) is 6.51. The van der Waals surface area contributed by atoms with E-state index in [1.165, 1.54) is 11.1 Å². The number of nitrogens with one attached hydrogen (secondary N) is 1. The monoisotopic (exact) mass is 450 g/mol.